The fourth-order valence-corrected chi connectivity index (χ4v) is 2.74. The molecule has 4 nitrogen and oxygen atoms in total. The number of ether oxygens (including phenoxy) is 1. The summed E-state index contributed by atoms with van der Waals surface area (Å²) in [6.07, 6.45) is 4.09. The average Bonchev–Trinajstić information content (AvgIpc) is 3.13. The third kappa shape index (κ3) is 2.89. The second-order valence-electron chi connectivity index (χ2n) is 5.23. The Morgan fingerprint density at radius 1 is 1.16 bits per heavy atom. The van der Waals surface area contributed by atoms with Crippen LogP contribution in [0.1, 0.15) is 25.7 Å². The molecule has 0 radical (unpaired) electrons. The van der Waals surface area contributed by atoms with Gasteiger partial charge in [-0.15, -0.1) is 0 Å². The summed E-state index contributed by atoms with van der Waals surface area (Å²) in [5.74, 6) is -0.0218. The molecule has 2 fully saturated rings. The molecule has 2 saturated heterocycles. The van der Waals surface area contributed by atoms with Gasteiger partial charge >= 0.3 is 0 Å². The van der Waals surface area contributed by atoms with Crippen LogP contribution in [0.3, 0.4) is 0 Å². The van der Waals surface area contributed by atoms with Crippen LogP contribution in [0.25, 0.3) is 0 Å². The molecule has 0 aromatic heterocycles. The van der Waals surface area contributed by atoms with E-state index in [1.165, 1.54) is 18.5 Å². The second kappa shape index (κ2) is 5.61. The Hall–Kier alpha value is -1.55. The smallest absolute Gasteiger partial charge is 0.253 e. The van der Waals surface area contributed by atoms with Crippen LogP contribution < -0.4 is 10.2 Å². The molecule has 0 aliphatic carbocycles. The third-order valence-corrected chi connectivity index (χ3v) is 3.83. The molecule has 19 heavy (non-hydrogen) atoms. The van der Waals surface area contributed by atoms with Gasteiger partial charge in [0, 0.05) is 31.1 Å². The van der Waals surface area contributed by atoms with Crippen molar-refractivity contribution in [1.82, 2.24) is 0 Å². The SMILES string of the molecule is O=C(Nc1ccc(N2CCCC2)cc1)[C@@H]1CCCO1. The van der Waals surface area contributed by atoms with Gasteiger partial charge in [-0.2, -0.15) is 0 Å². The molecule has 0 saturated carbocycles. The Kier molecular flexibility index (Phi) is 3.69. The lowest BCUT2D eigenvalue weighted by molar-refractivity contribution is -0.124. The zero-order valence-electron chi connectivity index (χ0n) is 11.1. The molecule has 1 N–H and O–H groups in total. The van der Waals surface area contributed by atoms with Gasteiger partial charge in [-0.3, -0.25) is 4.79 Å². The average molecular weight is 260 g/mol. The van der Waals surface area contributed by atoms with Crippen LogP contribution in [0.5, 0.6) is 0 Å². The summed E-state index contributed by atoms with van der Waals surface area (Å²) in [7, 11) is 0. The first-order chi connectivity index (χ1) is 9.33. The van der Waals surface area contributed by atoms with Crippen molar-refractivity contribution in [2.45, 2.75) is 31.8 Å². The predicted molar refractivity (Wildman–Crippen MR) is 75.5 cm³/mol. The number of hydrogen-bond acceptors (Lipinski definition) is 3. The van der Waals surface area contributed by atoms with E-state index in [2.05, 4.69) is 22.3 Å². The normalized spacial score (nSPS) is 22.7. The molecule has 2 heterocycles. The lowest BCUT2D eigenvalue weighted by atomic mass is 10.2. The summed E-state index contributed by atoms with van der Waals surface area (Å²) in [6, 6.07) is 8.11. The Bertz CT molecular complexity index is 432. The van der Waals surface area contributed by atoms with Crippen LogP contribution >= 0.6 is 0 Å². The van der Waals surface area contributed by atoms with E-state index in [9.17, 15) is 4.79 Å². The molecule has 1 aromatic rings. The van der Waals surface area contributed by atoms with Gasteiger partial charge in [0.25, 0.3) is 5.91 Å². The highest BCUT2D eigenvalue weighted by Gasteiger charge is 2.23. The molecule has 0 unspecified atom stereocenters. The monoisotopic (exact) mass is 260 g/mol. The number of carbonyl (C=O) groups is 1. The van der Waals surface area contributed by atoms with Crippen molar-refractivity contribution in [3.63, 3.8) is 0 Å². The summed E-state index contributed by atoms with van der Waals surface area (Å²) in [5.41, 5.74) is 2.09. The van der Waals surface area contributed by atoms with Gasteiger partial charge < -0.3 is 15.0 Å². The molecular formula is C15H20N2O2. The van der Waals surface area contributed by atoms with E-state index in [1.54, 1.807) is 0 Å². The summed E-state index contributed by atoms with van der Waals surface area (Å²) >= 11 is 0. The Balaban J connectivity index is 1.60. The number of rotatable bonds is 3. The van der Waals surface area contributed by atoms with Gasteiger partial charge in [0.2, 0.25) is 0 Å². The first-order valence-corrected chi connectivity index (χ1v) is 7.10. The Labute approximate surface area is 113 Å². The highest BCUT2D eigenvalue weighted by Crippen LogP contribution is 2.22. The zero-order chi connectivity index (χ0) is 13.1. The molecule has 0 spiro atoms. The number of carbonyl (C=O) groups excluding carboxylic acids is 1. The third-order valence-electron chi connectivity index (χ3n) is 3.83. The summed E-state index contributed by atoms with van der Waals surface area (Å²) in [4.78, 5) is 14.3. The molecule has 1 amide bonds. The summed E-state index contributed by atoms with van der Waals surface area (Å²) in [5, 5.41) is 2.92. The predicted octanol–water partition coefficient (Wildman–Crippen LogP) is 2.40. The van der Waals surface area contributed by atoms with Crippen molar-refractivity contribution in [2.75, 3.05) is 29.9 Å². The fourth-order valence-electron chi connectivity index (χ4n) is 2.74. The lowest BCUT2D eigenvalue weighted by Gasteiger charge is -2.18. The van der Waals surface area contributed by atoms with E-state index in [0.29, 0.717) is 6.61 Å². The number of anilines is 2. The van der Waals surface area contributed by atoms with Gasteiger partial charge in [0.05, 0.1) is 0 Å². The van der Waals surface area contributed by atoms with Crippen molar-refractivity contribution >= 4 is 17.3 Å². The van der Waals surface area contributed by atoms with E-state index < -0.39 is 0 Å². The first-order valence-electron chi connectivity index (χ1n) is 7.10. The minimum Gasteiger partial charge on any atom is -0.372 e. The topological polar surface area (TPSA) is 41.6 Å². The van der Waals surface area contributed by atoms with Gasteiger partial charge in [-0.1, -0.05) is 0 Å². The molecule has 3 rings (SSSR count). The van der Waals surface area contributed by atoms with Gasteiger partial charge in [0.1, 0.15) is 6.10 Å². The van der Waals surface area contributed by atoms with Crippen LogP contribution in [0.2, 0.25) is 0 Å². The van der Waals surface area contributed by atoms with Crippen LogP contribution in [0.15, 0.2) is 24.3 Å². The largest absolute Gasteiger partial charge is 0.372 e. The maximum atomic E-state index is 11.9. The van der Waals surface area contributed by atoms with Crippen LogP contribution in [-0.4, -0.2) is 31.7 Å². The van der Waals surface area contributed by atoms with Crippen LogP contribution in [-0.2, 0) is 9.53 Å². The molecule has 2 aliphatic rings. The van der Waals surface area contributed by atoms with Crippen LogP contribution in [0, 0.1) is 0 Å². The van der Waals surface area contributed by atoms with Crippen molar-refractivity contribution in [3.8, 4) is 0 Å². The highest BCUT2D eigenvalue weighted by atomic mass is 16.5. The lowest BCUT2D eigenvalue weighted by Crippen LogP contribution is -2.26. The maximum absolute atomic E-state index is 11.9. The van der Waals surface area contributed by atoms with E-state index in [-0.39, 0.29) is 12.0 Å². The first kappa shape index (κ1) is 12.5. The number of nitrogens with one attached hydrogen (secondary N) is 1. The summed E-state index contributed by atoms with van der Waals surface area (Å²) < 4.78 is 5.37. The molecule has 1 atom stereocenters. The quantitative estimate of drug-likeness (QED) is 0.907. The fraction of sp³-hybridized carbons (Fsp3) is 0.533. The van der Waals surface area contributed by atoms with Gasteiger partial charge in [-0.05, 0) is 49.9 Å². The number of amides is 1. The molecule has 4 heteroatoms. The molecule has 2 aliphatic heterocycles. The summed E-state index contributed by atoms with van der Waals surface area (Å²) in [6.45, 7) is 2.98. The maximum Gasteiger partial charge on any atom is 0.253 e. The molecule has 1 aromatic carbocycles. The minimum atomic E-state index is -0.266. The standard InChI is InChI=1S/C15H20N2O2/c18-15(14-4-3-11-19-14)16-12-5-7-13(8-6-12)17-9-1-2-10-17/h5-8,14H,1-4,9-11H2,(H,16,18)/t14-/m0/s1. The number of nitrogens with zero attached hydrogens (tertiary/aromatic N) is 1. The molecule has 0 bridgehead atoms. The van der Waals surface area contributed by atoms with Crippen molar-refractivity contribution in [3.05, 3.63) is 24.3 Å². The van der Waals surface area contributed by atoms with Crippen molar-refractivity contribution < 1.29 is 9.53 Å². The number of benzene rings is 1. The Morgan fingerprint density at radius 2 is 1.89 bits per heavy atom. The van der Waals surface area contributed by atoms with Crippen molar-refractivity contribution in [1.29, 1.82) is 0 Å². The molecular weight excluding hydrogens is 240 g/mol. The number of hydrogen-bond donors (Lipinski definition) is 1. The van der Waals surface area contributed by atoms with E-state index in [4.69, 9.17) is 4.74 Å². The van der Waals surface area contributed by atoms with Gasteiger partial charge in [0.15, 0.2) is 0 Å². The Morgan fingerprint density at radius 3 is 2.53 bits per heavy atom. The van der Waals surface area contributed by atoms with E-state index in [0.717, 1.165) is 31.6 Å². The van der Waals surface area contributed by atoms with Gasteiger partial charge in [-0.25, -0.2) is 0 Å². The molecule has 102 valence electrons. The van der Waals surface area contributed by atoms with Crippen LogP contribution in [0.4, 0.5) is 11.4 Å². The second-order valence-corrected chi connectivity index (χ2v) is 5.23. The van der Waals surface area contributed by atoms with E-state index >= 15 is 0 Å². The minimum absolute atomic E-state index is 0.0218. The zero-order valence-corrected chi connectivity index (χ0v) is 11.1. The highest BCUT2D eigenvalue weighted by molar-refractivity contribution is 5.94. The van der Waals surface area contributed by atoms with E-state index in [1.807, 2.05) is 12.1 Å². The van der Waals surface area contributed by atoms with Crippen molar-refractivity contribution in [2.24, 2.45) is 0 Å².